The summed E-state index contributed by atoms with van der Waals surface area (Å²) in [6, 6.07) is 6.76. The average molecular weight is 245 g/mol. The predicted octanol–water partition coefficient (Wildman–Crippen LogP) is 1.28. The highest BCUT2D eigenvalue weighted by Gasteiger charge is 2.12. The van der Waals surface area contributed by atoms with Gasteiger partial charge in [0.15, 0.2) is 9.84 Å². The van der Waals surface area contributed by atoms with Gasteiger partial charge in [0, 0.05) is 12.3 Å². The van der Waals surface area contributed by atoms with Gasteiger partial charge < -0.3 is 5.73 Å². The molecule has 0 saturated heterocycles. The lowest BCUT2D eigenvalue weighted by Crippen LogP contribution is -2.09. The lowest BCUT2D eigenvalue weighted by atomic mass is 10.2. The van der Waals surface area contributed by atoms with Crippen LogP contribution in [0.4, 0.5) is 0 Å². The SMILES string of the molecule is CSCCS(=O)(=O)c1ccc(CN)cc1. The molecule has 0 unspecified atom stereocenters. The summed E-state index contributed by atoms with van der Waals surface area (Å²) in [7, 11) is -3.11. The molecule has 0 aliphatic heterocycles. The van der Waals surface area contributed by atoms with Crippen LogP contribution in [-0.4, -0.2) is 26.2 Å². The fourth-order valence-corrected chi connectivity index (χ4v) is 3.47. The van der Waals surface area contributed by atoms with Crippen LogP contribution in [0.15, 0.2) is 29.2 Å². The van der Waals surface area contributed by atoms with Gasteiger partial charge in [-0.05, 0) is 24.0 Å². The number of rotatable bonds is 5. The molecule has 1 aromatic rings. The summed E-state index contributed by atoms with van der Waals surface area (Å²) < 4.78 is 23.5. The molecule has 0 aromatic heterocycles. The van der Waals surface area contributed by atoms with E-state index >= 15 is 0 Å². The monoisotopic (exact) mass is 245 g/mol. The summed E-state index contributed by atoms with van der Waals surface area (Å²) in [5, 5.41) is 0. The first-order valence-corrected chi connectivity index (χ1v) is 7.65. The van der Waals surface area contributed by atoms with Crippen molar-refractivity contribution in [3.8, 4) is 0 Å². The fraction of sp³-hybridized carbons (Fsp3) is 0.400. The summed E-state index contributed by atoms with van der Waals surface area (Å²) in [5.74, 6) is 0.817. The van der Waals surface area contributed by atoms with Gasteiger partial charge in [-0.2, -0.15) is 11.8 Å². The Labute approximate surface area is 95.0 Å². The van der Waals surface area contributed by atoms with Crippen LogP contribution in [0, 0.1) is 0 Å². The maximum Gasteiger partial charge on any atom is 0.179 e. The topological polar surface area (TPSA) is 60.2 Å². The molecule has 0 atom stereocenters. The Balaban J connectivity index is 2.86. The first kappa shape index (κ1) is 12.5. The van der Waals surface area contributed by atoms with Crippen LogP contribution in [0.25, 0.3) is 0 Å². The van der Waals surface area contributed by atoms with E-state index in [2.05, 4.69) is 0 Å². The first-order chi connectivity index (χ1) is 7.10. The van der Waals surface area contributed by atoms with Gasteiger partial charge in [0.1, 0.15) is 0 Å². The van der Waals surface area contributed by atoms with E-state index in [1.54, 1.807) is 24.3 Å². The summed E-state index contributed by atoms with van der Waals surface area (Å²) in [6.45, 7) is 0.436. The zero-order valence-electron chi connectivity index (χ0n) is 8.64. The Kier molecular flexibility index (Phi) is 4.63. The smallest absolute Gasteiger partial charge is 0.179 e. The minimum Gasteiger partial charge on any atom is -0.326 e. The number of sulfone groups is 1. The van der Waals surface area contributed by atoms with E-state index in [4.69, 9.17) is 5.73 Å². The Bertz CT molecular complexity index is 398. The molecule has 0 saturated carbocycles. The molecule has 2 N–H and O–H groups in total. The molecule has 84 valence electrons. The molecule has 0 aliphatic rings. The quantitative estimate of drug-likeness (QED) is 0.849. The highest BCUT2D eigenvalue weighted by atomic mass is 32.2. The van der Waals surface area contributed by atoms with Crippen LogP contribution >= 0.6 is 11.8 Å². The normalized spacial score (nSPS) is 11.6. The van der Waals surface area contributed by atoms with Gasteiger partial charge in [0.25, 0.3) is 0 Å². The molecule has 0 bridgehead atoms. The molecule has 0 spiro atoms. The van der Waals surface area contributed by atoms with Gasteiger partial charge in [-0.3, -0.25) is 0 Å². The maximum atomic E-state index is 11.7. The second kappa shape index (κ2) is 5.53. The summed E-state index contributed by atoms with van der Waals surface area (Å²) in [4.78, 5) is 0.383. The van der Waals surface area contributed by atoms with Gasteiger partial charge in [-0.25, -0.2) is 8.42 Å². The van der Waals surface area contributed by atoms with Crippen LogP contribution in [0.2, 0.25) is 0 Å². The van der Waals surface area contributed by atoms with Crippen molar-refractivity contribution in [2.75, 3.05) is 17.8 Å². The van der Waals surface area contributed by atoms with Crippen LogP contribution in [0.1, 0.15) is 5.56 Å². The lowest BCUT2D eigenvalue weighted by molar-refractivity contribution is 0.597. The third kappa shape index (κ3) is 3.52. The molecule has 0 radical (unpaired) electrons. The molecular formula is C10H15NO2S2. The molecule has 0 fully saturated rings. The first-order valence-electron chi connectivity index (χ1n) is 4.61. The number of hydrogen-bond acceptors (Lipinski definition) is 4. The molecule has 0 aliphatic carbocycles. The van der Waals surface area contributed by atoms with Crippen LogP contribution in [-0.2, 0) is 16.4 Å². The molecule has 5 heteroatoms. The van der Waals surface area contributed by atoms with E-state index in [1.807, 2.05) is 6.26 Å². The highest BCUT2D eigenvalue weighted by molar-refractivity contribution is 8.00. The zero-order chi connectivity index (χ0) is 11.3. The van der Waals surface area contributed by atoms with Gasteiger partial charge in [-0.1, -0.05) is 12.1 Å². The minimum absolute atomic E-state index is 0.191. The fourth-order valence-electron chi connectivity index (χ4n) is 1.14. The van der Waals surface area contributed by atoms with Crippen molar-refractivity contribution in [1.29, 1.82) is 0 Å². The predicted molar refractivity (Wildman–Crippen MR) is 64.8 cm³/mol. The average Bonchev–Trinajstić information content (AvgIpc) is 2.26. The van der Waals surface area contributed by atoms with Crippen molar-refractivity contribution < 1.29 is 8.42 Å². The van der Waals surface area contributed by atoms with Crippen molar-refractivity contribution in [3.05, 3.63) is 29.8 Å². The zero-order valence-corrected chi connectivity index (χ0v) is 10.3. The molecule has 1 rings (SSSR count). The third-order valence-electron chi connectivity index (χ3n) is 2.07. The van der Waals surface area contributed by atoms with Crippen molar-refractivity contribution in [1.82, 2.24) is 0 Å². The molecule has 0 heterocycles. The van der Waals surface area contributed by atoms with Gasteiger partial charge in [0.2, 0.25) is 0 Å². The standard InChI is InChI=1S/C10H15NO2S2/c1-14-6-7-15(12,13)10-4-2-9(8-11)3-5-10/h2-5H,6-8,11H2,1H3. The van der Waals surface area contributed by atoms with E-state index < -0.39 is 9.84 Å². The lowest BCUT2D eigenvalue weighted by Gasteiger charge is -2.04. The van der Waals surface area contributed by atoms with Gasteiger partial charge >= 0.3 is 0 Å². The van der Waals surface area contributed by atoms with Crippen molar-refractivity contribution in [2.24, 2.45) is 5.73 Å². The van der Waals surface area contributed by atoms with E-state index in [0.29, 0.717) is 17.2 Å². The second-order valence-corrected chi connectivity index (χ2v) is 6.25. The highest BCUT2D eigenvalue weighted by Crippen LogP contribution is 2.13. The molecular weight excluding hydrogens is 230 g/mol. The van der Waals surface area contributed by atoms with Gasteiger partial charge in [0.05, 0.1) is 10.6 Å². The summed E-state index contributed by atoms with van der Waals surface area (Å²) in [6.07, 6.45) is 1.90. The molecule has 15 heavy (non-hydrogen) atoms. The van der Waals surface area contributed by atoms with E-state index in [9.17, 15) is 8.42 Å². The Morgan fingerprint density at radius 2 is 1.87 bits per heavy atom. The van der Waals surface area contributed by atoms with E-state index in [-0.39, 0.29) is 5.75 Å². The Hall–Kier alpha value is -0.520. The van der Waals surface area contributed by atoms with Crippen molar-refractivity contribution in [3.63, 3.8) is 0 Å². The number of nitrogens with two attached hydrogens (primary N) is 1. The molecule has 3 nitrogen and oxygen atoms in total. The molecule has 0 amide bonds. The maximum absolute atomic E-state index is 11.7. The summed E-state index contributed by atoms with van der Waals surface area (Å²) in [5.41, 5.74) is 6.38. The van der Waals surface area contributed by atoms with Crippen LogP contribution in [0.3, 0.4) is 0 Å². The van der Waals surface area contributed by atoms with Crippen LogP contribution in [0.5, 0.6) is 0 Å². The number of thioether (sulfide) groups is 1. The number of benzene rings is 1. The van der Waals surface area contributed by atoms with Crippen LogP contribution < -0.4 is 5.73 Å². The second-order valence-electron chi connectivity index (χ2n) is 3.16. The summed E-state index contributed by atoms with van der Waals surface area (Å²) >= 11 is 1.53. The molecule has 1 aromatic carbocycles. The van der Waals surface area contributed by atoms with E-state index in [1.165, 1.54) is 11.8 Å². The van der Waals surface area contributed by atoms with E-state index in [0.717, 1.165) is 5.56 Å². The Morgan fingerprint density at radius 1 is 1.27 bits per heavy atom. The Morgan fingerprint density at radius 3 is 2.33 bits per heavy atom. The number of hydrogen-bond donors (Lipinski definition) is 1. The minimum atomic E-state index is -3.11. The van der Waals surface area contributed by atoms with Gasteiger partial charge in [-0.15, -0.1) is 0 Å². The third-order valence-corrected chi connectivity index (χ3v) is 4.68. The largest absolute Gasteiger partial charge is 0.326 e. The van der Waals surface area contributed by atoms with Crippen molar-refractivity contribution in [2.45, 2.75) is 11.4 Å². The van der Waals surface area contributed by atoms with Crippen molar-refractivity contribution >= 4 is 21.6 Å².